The number of hydrogen-bond acceptors (Lipinski definition) is 6. The van der Waals surface area contributed by atoms with Gasteiger partial charge in [0, 0.05) is 18.8 Å². The Labute approximate surface area is 293 Å². The lowest BCUT2D eigenvalue weighted by Gasteiger charge is -2.26. The summed E-state index contributed by atoms with van der Waals surface area (Å²) in [5.41, 5.74) is 9.86. The molecule has 3 aromatic carbocycles. The van der Waals surface area contributed by atoms with Crippen molar-refractivity contribution in [3.63, 3.8) is 0 Å². The molecule has 0 radical (unpaired) electrons. The van der Waals surface area contributed by atoms with Gasteiger partial charge in [-0.2, -0.15) is 0 Å². The molecule has 0 bridgehead atoms. The largest absolute Gasteiger partial charge is 0.508 e. The van der Waals surface area contributed by atoms with E-state index >= 15 is 0 Å². The van der Waals surface area contributed by atoms with Crippen LogP contribution in [0.1, 0.15) is 54.0 Å². The maximum absolute atomic E-state index is 14.0. The third-order valence-corrected chi connectivity index (χ3v) is 8.92. The van der Waals surface area contributed by atoms with Crippen LogP contribution in [0.15, 0.2) is 84.9 Å². The molecule has 0 spiro atoms. The van der Waals surface area contributed by atoms with Crippen LogP contribution in [0.2, 0.25) is 0 Å². The van der Waals surface area contributed by atoms with Gasteiger partial charge in [0.15, 0.2) is 0 Å². The second kappa shape index (κ2) is 17.8. The first-order valence-electron chi connectivity index (χ1n) is 16.9. The van der Waals surface area contributed by atoms with Crippen molar-refractivity contribution in [2.75, 3.05) is 0 Å². The third kappa shape index (κ3) is 10.8. The summed E-state index contributed by atoms with van der Waals surface area (Å²) in [4.78, 5) is 67.3. The maximum atomic E-state index is 14.0. The van der Waals surface area contributed by atoms with E-state index in [1.54, 1.807) is 31.2 Å². The number of hydrogen-bond donors (Lipinski definition) is 6. The molecular formula is C39H47N5O6. The fraction of sp³-hybridized carbons (Fsp3) is 0.359. The fourth-order valence-electron chi connectivity index (χ4n) is 6.07. The second-order valence-electron chi connectivity index (χ2n) is 13.0. The summed E-state index contributed by atoms with van der Waals surface area (Å²) in [6.45, 7) is 5.52. The number of aryl methyl sites for hydroxylation is 2. The number of nitrogens with one attached hydrogen (secondary N) is 4. The van der Waals surface area contributed by atoms with Crippen molar-refractivity contribution in [2.45, 2.75) is 83.5 Å². The monoisotopic (exact) mass is 681 g/mol. The summed E-state index contributed by atoms with van der Waals surface area (Å²) in [6.07, 6.45) is 4.82. The van der Waals surface area contributed by atoms with Crippen LogP contribution in [0.25, 0.3) is 0 Å². The number of rotatable bonds is 9. The molecule has 0 aromatic heterocycles. The van der Waals surface area contributed by atoms with Crippen molar-refractivity contribution in [3.8, 4) is 5.75 Å². The molecule has 0 fully saturated rings. The normalized spacial score (nSPS) is 21.7. The fourth-order valence-corrected chi connectivity index (χ4v) is 6.07. The molecule has 1 aliphatic heterocycles. The number of carbonyl (C=O) groups is 5. The van der Waals surface area contributed by atoms with Crippen LogP contribution < -0.4 is 27.0 Å². The molecule has 50 heavy (non-hydrogen) atoms. The summed E-state index contributed by atoms with van der Waals surface area (Å²) in [5.74, 6) is -3.15. The highest BCUT2D eigenvalue weighted by atomic mass is 16.3. The average molecular weight is 682 g/mol. The first-order chi connectivity index (χ1) is 23.9. The van der Waals surface area contributed by atoms with Crippen molar-refractivity contribution in [3.05, 3.63) is 113 Å². The van der Waals surface area contributed by atoms with Gasteiger partial charge in [-0.1, -0.05) is 79.7 Å². The van der Waals surface area contributed by atoms with E-state index in [0.717, 1.165) is 27.8 Å². The molecule has 11 heteroatoms. The summed E-state index contributed by atoms with van der Waals surface area (Å²) in [5, 5.41) is 21.2. The molecule has 11 nitrogen and oxygen atoms in total. The van der Waals surface area contributed by atoms with Gasteiger partial charge in [0.25, 0.3) is 0 Å². The Hall–Kier alpha value is -5.45. The number of aromatic hydroxyl groups is 1. The van der Waals surface area contributed by atoms with Gasteiger partial charge in [-0.25, -0.2) is 0 Å². The van der Waals surface area contributed by atoms with Crippen LogP contribution >= 0.6 is 0 Å². The maximum Gasteiger partial charge on any atom is 0.243 e. The Balaban J connectivity index is 1.63. The lowest BCUT2D eigenvalue weighted by molar-refractivity contribution is -0.134. The highest BCUT2D eigenvalue weighted by Gasteiger charge is 2.32. The first kappa shape index (κ1) is 37.4. The Morgan fingerprint density at radius 3 is 1.88 bits per heavy atom. The molecule has 3 aromatic rings. The topological polar surface area (TPSA) is 180 Å². The molecule has 0 saturated heterocycles. The second-order valence-corrected chi connectivity index (χ2v) is 13.0. The molecule has 4 rings (SSSR count). The van der Waals surface area contributed by atoms with Gasteiger partial charge in [0.05, 0.1) is 0 Å². The van der Waals surface area contributed by atoms with Gasteiger partial charge < -0.3 is 32.1 Å². The molecule has 1 aliphatic rings. The van der Waals surface area contributed by atoms with E-state index < -0.39 is 53.7 Å². The minimum atomic E-state index is -1.10. The zero-order chi connectivity index (χ0) is 36.2. The molecule has 0 aliphatic carbocycles. The minimum absolute atomic E-state index is 0.117. The van der Waals surface area contributed by atoms with Gasteiger partial charge in [-0.15, -0.1) is 0 Å². The van der Waals surface area contributed by atoms with E-state index in [0.29, 0.717) is 12.8 Å². The van der Waals surface area contributed by atoms with Gasteiger partial charge in [-0.05, 0) is 79.5 Å². The third-order valence-electron chi connectivity index (χ3n) is 8.92. The standard InChI is InChI=1S/C39H47N5O6/c1-24-19-29(45)20-25(2)30(24)21-26(3)36(47)42-32-18-12-6-11-17-31(35(40)46)41-38(49)33(22-27-13-7-4-8-14-27)44-39(50)34(43-37(32)48)23-28-15-9-5-10-16-28/h4-10,12-16,19-20,26,31-34,45H,11,17-18,21-23H2,1-3H3,(H2,40,46)(H,41,49)(H,42,47)(H,43,48)(H,44,50)/b12-6+/t26-,31-,32+,33-,34-/m0/s1. The van der Waals surface area contributed by atoms with Crippen molar-refractivity contribution in [1.29, 1.82) is 0 Å². The number of phenolic OH excluding ortho intramolecular Hbond substituents is 1. The molecule has 7 N–H and O–H groups in total. The number of amides is 5. The minimum Gasteiger partial charge on any atom is -0.508 e. The Kier molecular flexibility index (Phi) is 13.3. The van der Waals surface area contributed by atoms with Crippen LogP contribution in [0.5, 0.6) is 5.75 Å². The van der Waals surface area contributed by atoms with E-state index in [9.17, 15) is 29.1 Å². The van der Waals surface area contributed by atoms with Gasteiger partial charge in [-0.3, -0.25) is 24.0 Å². The Morgan fingerprint density at radius 2 is 1.34 bits per heavy atom. The quantitative estimate of drug-likeness (QED) is 0.189. The molecule has 264 valence electrons. The SMILES string of the molecule is Cc1cc(O)cc(C)c1C[C@H](C)C(=O)N[C@@H]1C/C=C/CC[C@@H](C(N)=O)NC(=O)[C@H](Cc2ccccc2)NC(=O)[C@H](Cc2ccccc2)NC1=O. The van der Waals surface area contributed by atoms with Crippen LogP contribution in [-0.4, -0.2) is 58.8 Å². The zero-order valence-electron chi connectivity index (χ0n) is 28.8. The Morgan fingerprint density at radius 1 is 0.820 bits per heavy atom. The van der Waals surface area contributed by atoms with Gasteiger partial charge in [0.2, 0.25) is 29.5 Å². The highest BCUT2D eigenvalue weighted by Crippen LogP contribution is 2.23. The summed E-state index contributed by atoms with van der Waals surface area (Å²) < 4.78 is 0. The highest BCUT2D eigenvalue weighted by molar-refractivity contribution is 5.96. The van der Waals surface area contributed by atoms with Crippen LogP contribution in [0.4, 0.5) is 0 Å². The summed E-state index contributed by atoms with van der Waals surface area (Å²) in [6, 6.07) is 17.4. The number of allylic oxidation sites excluding steroid dienone is 1. The van der Waals surface area contributed by atoms with E-state index in [1.165, 1.54) is 0 Å². The summed E-state index contributed by atoms with van der Waals surface area (Å²) in [7, 11) is 0. The zero-order valence-corrected chi connectivity index (χ0v) is 28.8. The summed E-state index contributed by atoms with van der Waals surface area (Å²) >= 11 is 0. The van der Waals surface area contributed by atoms with Crippen molar-refractivity contribution in [2.24, 2.45) is 11.7 Å². The predicted octanol–water partition coefficient (Wildman–Crippen LogP) is 2.84. The Bertz CT molecular complexity index is 1670. The van der Waals surface area contributed by atoms with Crippen LogP contribution in [0, 0.1) is 19.8 Å². The lowest BCUT2D eigenvalue weighted by atomic mass is 9.92. The van der Waals surface area contributed by atoms with Gasteiger partial charge >= 0.3 is 0 Å². The van der Waals surface area contributed by atoms with Crippen molar-refractivity contribution < 1.29 is 29.1 Å². The van der Waals surface area contributed by atoms with Crippen LogP contribution in [-0.2, 0) is 43.2 Å². The number of benzene rings is 3. The van der Waals surface area contributed by atoms with E-state index in [2.05, 4.69) is 21.3 Å². The van der Waals surface area contributed by atoms with E-state index in [1.807, 2.05) is 74.5 Å². The first-order valence-corrected chi connectivity index (χ1v) is 16.9. The molecule has 5 atom stereocenters. The van der Waals surface area contributed by atoms with E-state index in [4.69, 9.17) is 5.73 Å². The average Bonchev–Trinajstić information content (AvgIpc) is 3.08. The van der Waals surface area contributed by atoms with Crippen LogP contribution in [0.3, 0.4) is 0 Å². The van der Waals surface area contributed by atoms with Crippen molar-refractivity contribution in [1.82, 2.24) is 21.3 Å². The molecule has 0 saturated carbocycles. The lowest BCUT2D eigenvalue weighted by Crippen LogP contribution is -2.59. The number of primary amides is 1. The molecule has 1 heterocycles. The number of nitrogens with two attached hydrogens (primary N) is 1. The van der Waals surface area contributed by atoms with Gasteiger partial charge in [0.1, 0.15) is 29.9 Å². The molecular weight excluding hydrogens is 634 g/mol. The van der Waals surface area contributed by atoms with E-state index in [-0.39, 0.29) is 37.3 Å². The molecule has 5 amide bonds. The smallest absolute Gasteiger partial charge is 0.243 e. The molecule has 0 unspecified atom stereocenters. The number of phenols is 1. The van der Waals surface area contributed by atoms with Crippen molar-refractivity contribution >= 4 is 29.5 Å². The predicted molar refractivity (Wildman–Crippen MR) is 191 cm³/mol. The number of carbonyl (C=O) groups excluding carboxylic acids is 5.